The van der Waals surface area contributed by atoms with E-state index in [9.17, 15) is 8.42 Å². The molecule has 0 amide bonds. The van der Waals surface area contributed by atoms with Crippen molar-refractivity contribution in [1.82, 2.24) is 10.6 Å². The third-order valence-corrected chi connectivity index (χ3v) is 4.40. The number of nitrogens with two attached hydrogens (primary N) is 1. The Labute approximate surface area is 151 Å². The van der Waals surface area contributed by atoms with E-state index in [-0.39, 0.29) is 4.90 Å². The highest BCUT2D eigenvalue weighted by Crippen LogP contribution is 2.08. The van der Waals surface area contributed by atoms with E-state index in [0.717, 1.165) is 57.1 Å². The Balaban J connectivity index is 2.39. The monoisotopic (exact) mass is 370 g/mol. The molecule has 4 N–H and O–H groups in total. The highest BCUT2D eigenvalue weighted by molar-refractivity contribution is 7.89. The summed E-state index contributed by atoms with van der Waals surface area (Å²) in [7, 11) is -3.63. The van der Waals surface area contributed by atoms with E-state index >= 15 is 0 Å². The number of primary sulfonamides is 1. The normalized spacial score (nSPS) is 12.2. The maximum Gasteiger partial charge on any atom is 0.238 e. The second-order valence-corrected chi connectivity index (χ2v) is 7.09. The number of hydrogen-bond acceptors (Lipinski definition) is 4. The first-order valence-electron chi connectivity index (χ1n) is 8.69. The maximum atomic E-state index is 11.2. The Morgan fingerprint density at radius 3 is 2.48 bits per heavy atom. The molecule has 0 unspecified atom stereocenters. The molecule has 0 aromatic heterocycles. The second-order valence-electron chi connectivity index (χ2n) is 5.53. The van der Waals surface area contributed by atoms with Crippen molar-refractivity contribution in [2.45, 2.75) is 38.0 Å². The van der Waals surface area contributed by atoms with Gasteiger partial charge in [-0.3, -0.25) is 4.99 Å². The molecule has 0 spiro atoms. The molecule has 0 bridgehead atoms. The van der Waals surface area contributed by atoms with E-state index in [0.29, 0.717) is 6.54 Å². The van der Waals surface area contributed by atoms with Crippen LogP contribution in [0.3, 0.4) is 0 Å². The number of hydrogen-bond donors (Lipinski definition) is 3. The summed E-state index contributed by atoms with van der Waals surface area (Å²) in [6.45, 7) is 7.82. The molecule has 0 radical (unpaired) electrons. The summed E-state index contributed by atoms with van der Waals surface area (Å²) in [6.07, 6.45) is 2.76. The van der Waals surface area contributed by atoms with Crippen LogP contribution in [0.25, 0.3) is 0 Å². The molecule has 142 valence electrons. The van der Waals surface area contributed by atoms with Crippen molar-refractivity contribution in [3.05, 3.63) is 29.8 Å². The van der Waals surface area contributed by atoms with Crippen LogP contribution in [0, 0.1) is 0 Å². The van der Waals surface area contributed by atoms with Gasteiger partial charge in [0.2, 0.25) is 10.0 Å². The SMILES string of the molecule is CCNC(=NCCCCOCC)NCCc1ccc(S(N)(=O)=O)cc1. The van der Waals surface area contributed by atoms with Gasteiger partial charge in [-0.15, -0.1) is 0 Å². The van der Waals surface area contributed by atoms with E-state index in [1.54, 1.807) is 12.1 Å². The molecular formula is C17H30N4O3S. The largest absolute Gasteiger partial charge is 0.382 e. The van der Waals surface area contributed by atoms with Crippen LogP contribution in [-0.4, -0.2) is 47.2 Å². The molecule has 1 aromatic rings. The molecule has 7 nitrogen and oxygen atoms in total. The molecule has 0 saturated carbocycles. The number of nitrogens with zero attached hydrogens (tertiary/aromatic N) is 1. The molecule has 0 heterocycles. The zero-order chi connectivity index (χ0) is 18.5. The molecule has 1 rings (SSSR count). The molecule has 1 aromatic carbocycles. The summed E-state index contributed by atoms with van der Waals surface area (Å²) in [4.78, 5) is 4.66. The van der Waals surface area contributed by atoms with Gasteiger partial charge in [-0.2, -0.15) is 0 Å². The number of rotatable bonds is 11. The summed E-state index contributed by atoms with van der Waals surface area (Å²) >= 11 is 0. The predicted molar refractivity (Wildman–Crippen MR) is 101 cm³/mol. The van der Waals surface area contributed by atoms with Gasteiger partial charge in [0, 0.05) is 32.8 Å². The minimum atomic E-state index is -3.63. The summed E-state index contributed by atoms with van der Waals surface area (Å²) in [6, 6.07) is 6.61. The van der Waals surface area contributed by atoms with Gasteiger partial charge < -0.3 is 15.4 Å². The lowest BCUT2D eigenvalue weighted by atomic mass is 10.1. The first-order valence-corrected chi connectivity index (χ1v) is 10.2. The number of nitrogens with one attached hydrogen (secondary N) is 2. The van der Waals surface area contributed by atoms with E-state index in [2.05, 4.69) is 15.6 Å². The third kappa shape index (κ3) is 9.42. The first kappa shape index (κ1) is 21.4. The van der Waals surface area contributed by atoms with E-state index in [1.165, 1.54) is 12.1 Å². The molecule has 0 atom stereocenters. The third-order valence-electron chi connectivity index (χ3n) is 3.47. The minimum absolute atomic E-state index is 0.131. The fourth-order valence-electron chi connectivity index (χ4n) is 2.16. The minimum Gasteiger partial charge on any atom is -0.382 e. The van der Waals surface area contributed by atoms with Gasteiger partial charge in [0.25, 0.3) is 0 Å². The molecular weight excluding hydrogens is 340 g/mol. The van der Waals surface area contributed by atoms with Crippen LogP contribution in [0.4, 0.5) is 0 Å². The topological polar surface area (TPSA) is 106 Å². The Morgan fingerprint density at radius 2 is 1.88 bits per heavy atom. The average Bonchev–Trinajstić information content (AvgIpc) is 2.57. The van der Waals surface area contributed by atoms with Crippen molar-refractivity contribution < 1.29 is 13.2 Å². The van der Waals surface area contributed by atoms with Crippen LogP contribution >= 0.6 is 0 Å². The molecule has 25 heavy (non-hydrogen) atoms. The molecule has 0 fully saturated rings. The summed E-state index contributed by atoms with van der Waals surface area (Å²) < 4.78 is 27.8. The summed E-state index contributed by atoms with van der Waals surface area (Å²) in [5.41, 5.74) is 1.03. The van der Waals surface area contributed by atoms with Gasteiger partial charge >= 0.3 is 0 Å². The van der Waals surface area contributed by atoms with Gasteiger partial charge in [-0.05, 0) is 50.8 Å². The molecule has 0 aliphatic rings. The summed E-state index contributed by atoms with van der Waals surface area (Å²) in [5.74, 6) is 0.792. The number of benzene rings is 1. The Morgan fingerprint density at radius 1 is 1.16 bits per heavy atom. The quantitative estimate of drug-likeness (QED) is 0.309. The van der Waals surface area contributed by atoms with Crippen LogP contribution in [0.5, 0.6) is 0 Å². The van der Waals surface area contributed by atoms with Gasteiger partial charge in [0.05, 0.1) is 4.90 Å². The average molecular weight is 371 g/mol. The fraction of sp³-hybridized carbons (Fsp3) is 0.588. The summed E-state index contributed by atoms with van der Waals surface area (Å²) in [5, 5.41) is 11.6. The van der Waals surface area contributed by atoms with Crippen molar-refractivity contribution in [2.75, 3.05) is 32.8 Å². The molecule has 0 aliphatic carbocycles. The van der Waals surface area contributed by atoms with Crippen molar-refractivity contribution in [1.29, 1.82) is 0 Å². The van der Waals surface area contributed by atoms with Crippen LogP contribution in [-0.2, 0) is 21.2 Å². The Kier molecular flexibility index (Phi) is 10.1. The number of aliphatic imine (C=N–C) groups is 1. The zero-order valence-corrected chi connectivity index (χ0v) is 15.9. The number of sulfonamides is 1. The fourth-order valence-corrected chi connectivity index (χ4v) is 2.68. The van der Waals surface area contributed by atoms with Gasteiger partial charge in [0.15, 0.2) is 5.96 Å². The molecule has 8 heteroatoms. The molecule has 0 saturated heterocycles. The van der Waals surface area contributed by atoms with E-state index in [4.69, 9.17) is 9.88 Å². The van der Waals surface area contributed by atoms with Crippen LogP contribution < -0.4 is 15.8 Å². The van der Waals surface area contributed by atoms with E-state index < -0.39 is 10.0 Å². The van der Waals surface area contributed by atoms with Gasteiger partial charge in [0.1, 0.15) is 0 Å². The maximum absolute atomic E-state index is 11.2. The lowest BCUT2D eigenvalue weighted by Crippen LogP contribution is -2.38. The predicted octanol–water partition coefficient (Wildman–Crippen LogP) is 1.25. The highest BCUT2D eigenvalue weighted by atomic mass is 32.2. The van der Waals surface area contributed by atoms with E-state index in [1.807, 2.05) is 13.8 Å². The van der Waals surface area contributed by atoms with Crippen LogP contribution in [0.1, 0.15) is 32.3 Å². The van der Waals surface area contributed by atoms with Crippen molar-refractivity contribution in [3.8, 4) is 0 Å². The lowest BCUT2D eigenvalue weighted by molar-refractivity contribution is 0.144. The van der Waals surface area contributed by atoms with Crippen molar-refractivity contribution >= 4 is 16.0 Å². The smallest absolute Gasteiger partial charge is 0.238 e. The number of guanidine groups is 1. The first-order chi connectivity index (χ1) is 12.0. The van der Waals surface area contributed by atoms with Crippen LogP contribution in [0.15, 0.2) is 34.2 Å². The second kappa shape index (κ2) is 11.8. The number of unbranched alkanes of at least 4 members (excludes halogenated alkanes) is 1. The van der Waals surface area contributed by atoms with Crippen molar-refractivity contribution in [2.24, 2.45) is 10.1 Å². The van der Waals surface area contributed by atoms with Gasteiger partial charge in [-0.1, -0.05) is 12.1 Å². The molecule has 0 aliphatic heterocycles. The standard InChI is InChI=1S/C17H30N4O3S/c1-3-19-17(20-12-5-6-14-24-4-2)21-13-11-15-7-9-16(10-8-15)25(18,22)23/h7-10H,3-6,11-14H2,1-2H3,(H2,18,22,23)(H2,19,20,21). The zero-order valence-electron chi connectivity index (χ0n) is 15.1. The Hall–Kier alpha value is -1.64. The van der Waals surface area contributed by atoms with Crippen molar-refractivity contribution in [3.63, 3.8) is 0 Å². The number of ether oxygens (including phenoxy) is 1. The lowest BCUT2D eigenvalue weighted by Gasteiger charge is -2.11. The van der Waals surface area contributed by atoms with Gasteiger partial charge in [-0.25, -0.2) is 13.6 Å². The highest BCUT2D eigenvalue weighted by Gasteiger charge is 2.06. The Bertz CT molecular complexity index is 615. The van der Waals surface area contributed by atoms with Crippen LogP contribution in [0.2, 0.25) is 0 Å².